The molecule has 2 saturated heterocycles. The lowest BCUT2D eigenvalue weighted by molar-refractivity contribution is -0.135. The zero-order valence-corrected chi connectivity index (χ0v) is 20.0. The van der Waals surface area contributed by atoms with E-state index < -0.39 is 5.54 Å². The first-order chi connectivity index (χ1) is 15.9. The third-order valence-electron chi connectivity index (χ3n) is 7.70. The molecule has 1 saturated carbocycles. The monoisotopic (exact) mass is 469 g/mol. The number of hydrogen-bond acceptors (Lipinski definition) is 4. The van der Waals surface area contributed by atoms with Crippen molar-refractivity contribution in [3.8, 4) is 0 Å². The number of thiophene rings is 1. The van der Waals surface area contributed by atoms with Gasteiger partial charge in [0, 0.05) is 28.8 Å². The summed E-state index contributed by atoms with van der Waals surface area (Å²) in [6.45, 7) is 4.87. The summed E-state index contributed by atoms with van der Waals surface area (Å²) in [6.07, 6.45) is 6.04. The Morgan fingerprint density at radius 1 is 1.03 bits per heavy atom. The number of nitrogens with one attached hydrogen (secondary N) is 1. The molecule has 1 aromatic carbocycles. The van der Waals surface area contributed by atoms with Crippen LogP contribution in [0, 0.1) is 18.7 Å². The first-order valence-corrected chi connectivity index (χ1v) is 12.9. The van der Waals surface area contributed by atoms with Gasteiger partial charge in [-0.3, -0.25) is 14.6 Å². The van der Waals surface area contributed by atoms with Crippen molar-refractivity contribution in [1.29, 1.82) is 0 Å². The van der Waals surface area contributed by atoms with Crippen LogP contribution in [0.1, 0.15) is 53.8 Å². The number of rotatable bonds is 6. The summed E-state index contributed by atoms with van der Waals surface area (Å²) < 4.78 is 13.5. The zero-order chi connectivity index (χ0) is 23.0. The number of imide groups is 1. The number of halogens is 1. The zero-order valence-electron chi connectivity index (χ0n) is 19.2. The largest absolute Gasteiger partial charge is 0.325 e. The van der Waals surface area contributed by atoms with E-state index in [4.69, 9.17) is 0 Å². The summed E-state index contributed by atoms with van der Waals surface area (Å²) in [5.41, 5.74) is -0.0573. The van der Waals surface area contributed by atoms with Crippen LogP contribution in [0.15, 0.2) is 36.4 Å². The molecule has 0 bridgehead atoms. The van der Waals surface area contributed by atoms with Crippen LogP contribution in [0.2, 0.25) is 0 Å². The Morgan fingerprint density at radius 2 is 1.73 bits per heavy atom. The van der Waals surface area contributed by atoms with Gasteiger partial charge in [-0.25, -0.2) is 9.18 Å². The van der Waals surface area contributed by atoms with Crippen molar-refractivity contribution in [1.82, 2.24) is 15.1 Å². The van der Waals surface area contributed by atoms with Gasteiger partial charge in [-0.2, -0.15) is 0 Å². The number of likely N-dealkylation sites (tertiary alicyclic amines) is 1. The van der Waals surface area contributed by atoms with Crippen LogP contribution in [0.25, 0.3) is 0 Å². The van der Waals surface area contributed by atoms with Crippen LogP contribution in [-0.2, 0) is 17.8 Å². The van der Waals surface area contributed by atoms with E-state index in [0.717, 1.165) is 63.7 Å². The van der Waals surface area contributed by atoms with Gasteiger partial charge in [0.25, 0.3) is 5.91 Å². The summed E-state index contributed by atoms with van der Waals surface area (Å²) in [5, 5.41) is 3.17. The molecule has 2 aromatic rings. The minimum atomic E-state index is -0.941. The summed E-state index contributed by atoms with van der Waals surface area (Å²) >= 11 is 1.83. The number of aryl methyl sites for hydroxylation is 1. The summed E-state index contributed by atoms with van der Waals surface area (Å²) in [6, 6.07) is 10.5. The summed E-state index contributed by atoms with van der Waals surface area (Å²) in [5.74, 6) is -0.304. The van der Waals surface area contributed by atoms with Gasteiger partial charge in [0.15, 0.2) is 0 Å². The molecular weight excluding hydrogens is 437 g/mol. The minimum absolute atomic E-state index is 0.00903. The van der Waals surface area contributed by atoms with E-state index in [0.29, 0.717) is 6.42 Å². The van der Waals surface area contributed by atoms with Crippen molar-refractivity contribution in [2.45, 2.75) is 70.0 Å². The normalized spacial score (nSPS) is 25.2. The molecule has 3 fully saturated rings. The maximum atomic E-state index is 13.9. The summed E-state index contributed by atoms with van der Waals surface area (Å²) in [4.78, 5) is 33.7. The Morgan fingerprint density at radius 3 is 2.36 bits per heavy atom. The predicted octanol–water partition coefficient (Wildman–Crippen LogP) is 4.88. The smallest absolute Gasteiger partial charge is 0.322 e. The lowest BCUT2D eigenvalue weighted by Crippen LogP contribution is -2.57. The predicted molar refractivity (Wildman–Crippen MR) is 128 cm³/mol. The van der Waals surface area contributed by atoms with E-state index >= 15 is 0 Å². The molecule has 0 spiro atoms. The number of urea groups is 1. The Bertz CT molecular complexity index is 1010. The van der Waals surface area contributed by atoms with Gasteiger partial charge in [-0.15, -0.1) is 11.3 Å². The molecule has 1 aliphatic carbocycles. The van der Waals surface area contributed by atoms with E-state index in [2.05, 4.69) is 29.3 Å². The molecule has 3 amide bonds. The molecule has 0 unspecified atom stereocenters. The number of hydrogen-bond donors (Lipinski definition) is 1. The quantitative estimate of drug-likeness (QED) is 0.614. The molecule has 0 radical (unpaired) electrons. The minimum Gasteiger partial charge on any atom is -0.322 e. The van der Waals surface area contributed by atoms with Gasteiger partial charge in [0.2, 0.25) is 0 Å². The van der Waals surface area contributed by atoms with Crippen molar-refractivity contribution < 1.29 is 14.0 Å². The average molecular weight is 470 g/mol. The topological polar surface area (TPSA) is 52.7 Å². The van der Waals surface area contributed by atoms with Crippen LogP contribution < -0.4 is 5.32 Å². The number of amides is 3. The van der Waals surface area contributed by atoms with E-state index in [9.17, 15) is 14.0 Å². The Balaban J connectivity index is 1.37. The van der Waals surface area contributed by atoms with Gasteiger partial charge in [-0.05, 0) is 81.4 Å². The second kappa shape index (κ2) is 9.18. The van der Waals surface area contributed by atoms with Crippen LogP contribution in [0.5, 0.6) is 0 Å². The Hall–Kier alpha value is -2.25. The van der Waals surface area contributed by atoms with Crippen LogP contribution >= 0.6 is 11.3 Å². The van der Waals surface area contributed by atoms with Crippen molar-refractivity contribution in [2.24, 2.45) is 5.92 Å². The third kappa shape index (κ3) is 4.45. The molecule has 1 N–H and O–H groups in total. The highest BCUT2D eigenvalue weighted by Gasteiger charge is 2.57. The van der Waals surface area contributed by atoms with Gasteiger partial charge in [0.1, 0.15) is 11.4 Å². The Kier molecular flexibility index (Phi) is 6.27. The molecule has 33 heavy (non-hydrogen) atoms. The molecule has 7 heteroatoms. The van der Waals surface area contributed by atoms with E-state index in [-0.39, 0.29) is 29.7 Å². The maximum absolute atomic E-state index is 13.9. The second-order valence-electron chi connectivity index (χ2n) is 9.88. The van der Waals surface area contributed by atoms with Crippen molar-refractivity contribution in [3.05, 3.63) is 57.5 Å². The molecular formula is C26H32FN3O2S. The third-order valence-corrected chi connectivity index (χ3v) is 8.68. The lowest BCUT2D eigenvalue weighted by atomic mass is 9.73. The second-order valence-corrected chi connectivity index (χ2v) is 11.3. The number of nitrogens with zero attached hydrogens (tertiary/aromatic N) is 2. The van der Waals surface area contributed by atoms with Gasteiger partial charge < -0.3 is 5.32 Å². The standard InChI is InChI=1S/C26H32FN3O2S/c1-18-6-11-23(33-18)17-29-14-12-20(13-15-29)26(16-19-7-9-21(27)10-8-19)24(31)30(25(32)28-26)22-4-2-3-5-22/h6-11,20,22H,2-5,12-17H2,1H3,(H,28,32)/t26-/m1/s1. The highest BCUT2D eigenvalue weighted by Crippen LogP contribution is 2.39. The van der Waals surface area contributed by atoms with Crippen molar-refractivity contribution in [2.75, 3.05) is 13.1 Å². The van der Waals surface area contributed by atoms with Crippen LogP contribution in [-0.4, -0.2) is 46.4 Å². The van der Waals surface area contributed by atoms with Gasteiger partial charge in [-0.1, -0.05) is 25.0 Å². The van der Waals surface area contributed by atoms with E-state index in [1.54, 1.807) is 12.1 Å². The number of benzene rings is 1. The van der Waals surface area contributed by atoms with Crippen molar-refractivity contribution >= 4 is 23.3 Å². The van der Waals surface area contributed by atoms with Crippen LogP contribution in [0.4, 0.5) is 9.18 Å². The molecule has 5 nitrogen and oxygen atoms in total. The van der Waals surface area contributed by atoms with E-state index in [1.807, 2.05) is 11.3 Å². The molecule has 176 valence electrons. The number of piperidine rings is 1. The molecule has 2 aliphatic heterocycles. The lowest BCUT2D eigenvalue weighted by Gasteiger charge is -2.41. The van der Waals surface area contributed by atoms with Gasteiger partial charge >= 0.3 is 6.03 Å². The molecule has 1 aromatic heterocycles. The average Bonchev–Trinajstić information content (AvgIpc) is 3.52. The fourth-order valence-corrected chi connectivity index (χ4v) is 6.88. The maximum Gasteiger partial charge on any atom is 0.325 e. The molecule has 5 rings (SSSR count). The van der Waals surface area contributed by atoms with E-state index in [1.165, 1.54) is 26.8 Å². The van der Waals surface area contributed by atoms with Gasteiger partial charge in [0.05, 0.1) is 0 Å². The highest BCUT2D eigenvalue weighted by atomic mass is 32.1. The first-order valence-electron chi connectivity index (χ1n) is 12.1. The summed E-state index contributed by atoms with van der Waals surface area (Å²) in [7, 11) is 0. The molecule has 3 heterocycles. The van der Waals surface area contributed by atoms with Crippen LogP contribution in [0.3, 0.4) is 0 Å². The Labute approximate surface area is 199 Å². The fourth-order valence-electron chi connectivity index (χ4n) is 5.95. The molecule has 3 aliphatic rings. The highest BCUT2D eigenvalue weighted by molar-refractivity contribution is 7.11. The number of carbonyl (C=O) groups excluding carboxylic acids is 2. The SMILES string of the molecule is Cc1ccc(CN2CCC([C@@]3(Cc4ccc(F)cc4)NC(=O)N(C4CCCC4)C3=O)CC2)s1. The fraction of sp³-hybridized carbons (Fsp3) is 0.538. The number of carbonyl (C=O) groups is 2. The molecule has 1 atom stereocenters. The van der Waals surface area contributed by atoms with Crippen molar-refractivity contribution in [3.63, 3.8) is 0 Å². The first kappa shape index (κ1) is 22.5.